The van der Waals surface area contributed by atoms with Gasteiger partial charge in [-0.1, -0.05) is 6.42 Å². The normalized spacial score (nSPS) is 26.2. The van der Waals surface area contributed by atoms with E-state index >= 15 is 4.79 Å². The van der Waals surface area contributed by atoms with Crippen molar-refractivity contribution in [3.63, 3.8) is 0 Å². The molecule has 2 atom stereocenters. The van der Waals surface area contributed by atoms with Crippen LogP contribution in [-0.4, -0.2) is 5.78 Å². The molecule has 34 rings (SSSR count). The van der Waals surface area contributed by atoms with Crippen LogP contribution in [0.25, 0.3) is 291 Å². The molecule has 28 aromatic carbocycles. The summed E-state index contributed by atoms with van der Waals surface area (Å²) in [4.78, 5) is 16.5. The minimum Gasteiger partial charge on any atom is -0.299 e. The molecule has 0 heterocycles. The predicted molar refractivity (Wildman–Crippen MR) is 280 cm³/mol. The summed E-state index contributed by atoms with van der Waals surface area (Å²) >= 11 is 0. The quantitative estimate of drug-likeness (QED) is 0.139. The summed E-state index contributed by atoms with van der Waals surface area (Å²) < 4.78 is 0. The van der Waals surface area contributed by atoms with E-state index in [1.165, 1.54) is 6.42 Å². The first-order chi connectivity index (χ1) is 33.4. The van der Waals surface area contributed by atoms with Crippen LogP contribution in [0, 0.1) is 11.8 Å². The molecule has 0 aromatic heterocycles. The fourth-order valence-electron chi connectivity index (χ4n) is 26.5. The number of carbonyl (C=O) groups excluding carboxylic acids is 1. The van der Waals surface area contributed by atoms with E-state index in [9.17, 15) is 0 Å². The van der Waals surface area contributed by atoms with Crippen LogP contribution >= 0.6 is 0 Å². The van der Waals surface area contributed by atoms with Gasteiger partial charge in [0, 0.05) is 22.7 Å². The lowest BCUT2D eigenvalue weighted by atomic mass is 9.47. The molecule has 0 N–H and O–H groups in total. The van der Waals surface area contributed by atoms with Crippen LogP contribution in [0.3, 0.4) is 0 Å². The standard InChI is InChI=1S/C66H8O/c67-64-4-2-1-3-5(64)66-62-54-46-36-26-18-10-7-6-8-12-14(10)22-28-20(12)30-24-16(8)17-9(6)13-15-11(7)19(18)27-33-23(15)29-21(13)31-25(17)35-34(24)44-38(30)48-42(28)50(40(46)32(22)26)58(62)56(48)60-52(44)53-45(35)39(31)49-43(29)51-41(33)47(37(27)36)55(54)63(66)59(51)57(49)61(53)65(4,60)66/h4-5H,1-3H2/t4-,5+,65?,66?. The highest BCUT2D eigenvalue weighted by molar-refractivity contribution is 6.82. The molecule has 0 radical (unpaired) electrons. The zero-order chi connectivity index (χ0) is 39.3. The topological polar surface area (TPSA) is 17.1 Å². The van der Waals surface area contributed by atoms with Gasteiger partial charge in [-0.3, -0.25) is 4.79 Å². The van der Waals surface area contributed by atoms with Crippen molar-refractivity contribution in [3.8, 4) is 0 Å². The first-order valence-corrected chi connectivity index (χ1v) is 25.7. The van der Waals surface area contributed by atoms with E-state index in [0.717, 1.165) is 12.8 Å². The van der Waals surface area contributed by atoms with Crippen LogP contribution in [0.1, 0.15) is 41.5 Å². The van der Waals surface area contributed by atoms with Gasteiger partial charge < -0.3 is 0 Å². The molecule has 2 fully saturated rings. The largest absolute Gasteiger partial charge is 0.299 e. The number of hydrogen-bond donors (Lipinski definition) is 0. The number of benzene rings is 18. The summed E-state index contributed by atoms with van der Waals surface area (Å²) in [7, 11) is 0. The molecule has 6 aliphatic carbocycles. The lowest BCUT2D eigenvalue weighted by Gasteiger charge is -2.53. The average Bonchev–Trinajstić information content (AvgIpc) is 4.22. The van der Waals surface area contributed by atoms with E-state index in [2.05, 4.69) is 0 Å². The molecule has 0 saturated heterocycles. The third kappa shape index (κ3) is 1.20. The minimum atomic E-state index is -0.378. The van der Waals surface area contributed by atoms with Crippen LogP contribution < -0.4 is 0 Å². The molecule has 2 saturated carbocycles. The van der Waals surface area contributed by atoms with Crippen molar-refractivity contribution in [1.82, 2.24) is 0 Å². The van der Waals surface area contributed by atoms with Crippen molar-refractivity contribution in [1.29, 1.82) is 0 Å². The Morgan fingerprint density at radius 1 is 0.194 bits per heavy atom. The molecule has 6 aliphatic rings. The van der Waals surface area contributed by atoms with Crippen LogP contribution in [0.5, 0.6) is 0 Å². The van der Waals surface area contributed by atoms with Crippen LogP contribution in [0.15, 0.2) is 0 Å². The van der Waals surface area contributed by atoms with Gasteiger partial charge in [0.2, 0.25) is 0 Å². The van der Waals surface area contributed by atoms with Crippen molar-refractivity contribution < 1.29 is 4.79 Å². The van der Waals surface area contributed by atoms with Crippen LogP contribution in [0.4, 0.5) is 0 Å². The maximum Gasteiger partial charge on any atom is 0.141 e. The molecule has 0 aliphatic heterocycles. The number of ketones is 1. The summed E-state index contributed by atoms with van der Waals surface area (Å²) in [6, 6.07) is 0. The Balaban J connectivity index is 1.25. The summed E-state index contributed by atoms with van der Waals surface area (Å²) in [5.74, 6) is 0.672. The molecule has 1 heteroatoms. The van der Waals surface area contributed by atoms with Crippen LogP contribution in [-0.2, 0) is 15.6 Å². The van der Waals surface area contributed by atoms with Gasteiger partial charge in [-0.25, -0.2) is 0 Å². The van der Waals surface area contributed by atoms with Crippen molar-refractivity contribution >= 4 is 297 Å². The molecular weight excluding hydrogens is 809 g/mol. The Labute approximate surface area is 363 Å². The van der Waals surface area contributed by atoms with Crippen molar-refractivity contribution in [2.24, 2.45) is 11.8 Å². The maximum atomic E-state index is 16.5. The van der Waals surface area contributed by atoms with E-state index in [1.807, 2.05) is 0 Å². The molecule has 278 valence electrons. The van der Waals surface area contributed by atoms with E-state index in [-0.39, 0.29) is 22.7 Å². The van der Waals surface area contributed by atoms with Gasteiger partial charge >= 0.3 is 0 Å². The maximum absolute atomic E-state index is 16.5. The van der Waals surface area contributed by atoms with Gasteiger partial charge in [0.1, 0.15) is 5.78 Å². The average molecular weight is 817 g/mol. The predicted octanol–water partition coefficient (Wildman–Crippen LogP) is 17.3. The fraction of sp³-hybridized carbons (Fsp3) is 0.106. The van der Waals surface area contributed by atoms with Gasteiger partial charge in [-0.2, -0.15) is 0 Å². The summed E-state index contributed by atoms with van der Waals surface area (Å²) in [6.07, 6.45) is 3.25. The highest BCUT2D eigenvalue weighted by Crippen LogP contribution is 2.88. The summed E-state index contributed by atoms with van der Waals surface area (Å²) in [5, 5.41) is 88.6. The smallest absolute Gasteiger partial charge is 0.141 e. The Hall–Kier alpha value is -7.87. The summed E-state index contributed by atoms with van der Waals surface area (Å²) in [6.45, 7) is 0. The molecule has 2 bridgehead atoms. The zero-order valence-electron chi connectivity index (χ0n) is 34.2. The number of carbonyl (C=O) groups is 1. The Morgan fingerprint density at radius 2 is 0.313 bits per heavy atom. The third-order valence-electron chi connectivity index (χ3n) is 26.2. The first kappa shape index (κ1) is 24.1. The van der Waals surface area contributed by atoms with Crippen molar-refractivity contribution in [2.45, 2.75) is 30.1 Å². The highest BCUT2D eigenvalue weighted by Gasteiger charge is 2.80. The number of rotatable bonds is 0. The third-order valence-corrected chi connectivity index (χ3v) is 26.2. The lowest BCUT2D eigenvalue weighted by molar-refractivity contribution is -0.126. The minimum absolute atomic E-state index is 0.0157. The van der Waals surface area contributed by atoms with E-state index in [1.54, 1.807) is 313 Å². The number of hydrogen-bond acceptors (Lipinski definition) is 1. The Bertz CT molecular complexity index is 6570. The molecule has 0 unspecified atom stereocenters. The van der Waals surface area contributed by atoms with Crippen molar-refractivity contribution in [3.05, 3.63) is 22.3 Å². The second-order valence-corrected chi connectivity index (χ2v) is 25.8. The lowest BCUT2D eigenvalue weighted by Crippen LogP contribution is -2.52. The van der Waals surface area contributed by atoms with Gasteiger partial charge in [0.05, 0.1) is 0 Å². The second kappa shape index (κ2) is 5.25. The highest BCUT2D eigenvalue weighted by atomic mass is 16.1. The Morgan fingerprint density at radius 3 is 0.448 bits per heavy atom. The molecule has 28 aromatic rings. The molecule has 2 spiro atoms. The zero-order valence-corrected chi connectivity index (χ0v) is 34.2. The second-order valence-electron chi connectivity index (χ2n) is 25.8. The molecule has 0 amide bonds. The molecule has 1 nitrogen and oxygen atoms in total. The SMILES string of the molecule is O=C1[C@H]2CCC[C@@H]1C13c4c5c6c7c8c9c(c%10c%11c1c1c4c4c%12c5c5c6c6c8c8c%13c9c9c%10c%10c%11c%11c1c1c4c4c%12c%12c5c5c6c8c6c8c%13c9c9c%10c%10c%11c1c1c4c4c%12c5c6c5c8c9c%10c1c45)C723. The number of fused-ring (bicyclic) bond motifs is 2. The van der Waals surface area contributed by atoms with Gasteiger partial charge in [-0.05, 0) is 326 Å². The number of Topliss-reactive ketones (excluding diaryl/α,β-unsaturated/α-hetero) is 1. The Kier molecular flexibility index (Phi) is 1.88. The van der Waals surface area contributed by atoms with E-state index < -0.39 is 0 Å². The fourth-order valence-corrected chi connectivity index (χ4v) is 26.5. The monoisotopic (exact) mass is 816 g/mol. The first-order valence-electron chi connectivity index (χ1n) is 25.7. The van der Waals surface area contributed by atoms with Crippen molar-refractivity contribution in [2.75, 3.05) is 0 Å². The molecule has 67 heavy (non-hydrogen) atoms. The van der Waals surface area contributed by atoms with Gasteiger partial charge in [0.25, 0.3) is 0 Å². The van der Waals surface area contributed by atoms with Gasteiger partial charge in [-0.15, -0.1) is 0 Å². The van der Waals surface area contributed by atoms with E-state index in [4.69, 9.17) is 0 Å². The summed E-state index contributed by atoms with van der Waals surface area (Å²) in [5.41, 5.74) is 5.98. The van der Waals surface area contributed by atoms with E-state index in [0.29, 0.717) is 5.78 Å². The van der Waals surface area contributed by atoms with Crippen LogP contribution in [0.2, 0.25) is 0 Å². The van der Waals surface area contributed by atoms with Gasteiger partial charge in [0.15, 0.2) is 0 Å². The molecular formula is C66H8O.